The summed E-state index contributed by atoms with van der Waals surface area (Å²) in [5, 5.41) is 3.37. The largest absolute Gasteiger partial charge is 0.316 e. The van der Waals surface area contributed by atoms with Gasteiger partial charge in [-0.1, -0.05) is 6.07 Å². The molecule has 3 nitrogen and oxygen atoms in total. The van der Waals surface area contributed by atoms with Gasteiger partial charge in [-0.05, 0) is 45.0 Å². The Morgan fingerprint density at radius 2 is 2.38 bits per heavy atom. The van der Waals surface area contributed by atoms with Crippen molar-refractivity contribution in [3.05, 3.63) is 29.6 Å². The first-order valence-corrected chi connectivity index (χ1v) is 6.09. The van der Waals surface area contributed by atoms with Crippen molar-refractivity contribution >= 4 is 0 Å². The Morgan fingerprint density at radius 3 is 3.06 bits per heavy atom. The van der Waals surface area contributed by atoms with Crippen LogP contribution in [0.5, 0.6) is 0 Å². The summed E-state index contributed by atoms with van der Waals surface area (Å²) in [5.74, 6) is 0. The van der Waals surface area contributed by atoms with Crippen LogP contribution in [-0.4, -0.2) is 36.1 Å². The van der Waals surface area contributed by atoms with Gasteiger partial charge in [-0.25, -0.2) is 0 Å². The Labute approximate surface area is 97.9 Å². The second kappa shape index (κ2) is 5.41. The average molecular weight is 219 g/mol. The molecular formula is C13H21N3. The number of nitrogens with one attached hydrogen (secondary N) is 1. The van der Waals surface area contributed by atoms with Crippen LogP contribution in [0.15, 0.2) is 18.3 Å². The van der Waals surface area contributed by atoms with Crippen molar-refractivity contribution in [3.63, 3.8) is 0 Å². The molecule has 0 aliphatic carbocycles. The van der Waals surface area contributed by atoms with E-state index in [1.807, 2.05) is 6.20 Å². The van der Waals surface area contributed by atoms with Gasteiger partial charge in [0, 0.05) is 25.3 Å². The molecule has 1 saturated heterocycles. The number of aryl methyl sites for hydroxylation is 1. The lowest BCUT2D eigenvalue weighted by Crippen LogP contribution is -2.43. The van der Waals surface area contributed by atoms with Gasteiger partial charge in [-0.2, -0.15) is 0 Å². The third kappa shape index (κ3) is 3.03. The molecule has 1 fully saturated rings. The number of hydrogen-bond donors (Lipinski definition) is 1. The maximum Gasteiger partial charge on any atom is 0.0544 e. The molecule has 1 aromatic heterocycles. The zero-order chi connectivity index (χ0) is 11.4. The molecule has 1 atom stereocenters. The summed E-state index contributed by atoms with van der Waals surface area (Å²) in [6.45, 7) is 5.41. The van der Waals surface area contributed by atoms with Gasteiger partial charge < -0.3 is 5.32 Å². The molecule has 1 aliphatic rings. The number of aromatic nitrogens is 1. The van der Waals surface area contributed by atoms with Crippen LogP contribution in [0.25, 0.3) is 0 Å². The number of rotatable bonds is 3. The Kier molecular flexibility index (Phi) is 3.91. The van der Waals surface area contributed by atoms with E-state index >= 15 is 0 Å². The van der Waals surface area contributed by atoms with Gasteiger partial charge in [0.1, 0.15) is 0 Å². The van der Waals surface area contributed by atoms with Crippen molar-refractivity contribution < 1.29 is 0 Å². The highest BCUT2D eigenvalue weighted by atomic mass is 15.2. The zero-order valence-corrected chi connectivity index (χ0v) is 10.2. The molecule has 3 heteroatoms. The topological polar surface area (TPSA) is 28.2 Å². The maximum absolute atomic E-state index is 4.46. The summed E-state index contributed by atoms with van der Waals surface area (Å²) in [4.78, 5) is 6.95. The highest BCUT2D eigenvalue weighted by molar-refractivity contribution is 5.12. The molecule has 2 rings (SSSR count). The van der Waals surface area contributed by atoms with Gasteiger partial charge in [0.15, 0.2) is 0 Å². The predicted octanol–water partition coefficient (Wildman–Crippen LogP) is 1.57. The van der Waals surface area contributed by atoms with E-state index in [1.54, 1.807) is 0 Å². The molecule has 1 N–H and O–H groups in total. The van der Waals surface area contributed by atoms with Gasteiger partial charge in [0.05, 0.1) is 5.69 Å². The lowest BCUT2D eigenvalue weighted by atomic mass is 10.1. The van der Waals surface area contributed by atoms with Crippen molar-refractivity contribution in [2.45, 2.75) is 32.4 Å². The highest BCUT2D eigenvalue weighted by Gasteiger charge is 2.18. The Balaban J connectivity index is 1.91. The fourth-order valence-electron chi connectivity index (χ4n) is 2.26. The molecule has 16 heavy (non-hydrogen) atoms. The molecule has 0 amide bonds. The normalized spacial score (nSPS) is 22.2. The first kappa shape index (κ1) is 11.6. The monoisotopic (exact) mass is 219 g/mol. The van der Waals surface area contributed by atoms with Crippen LogP contribution in [-0.2, 0) is 6.54 Å². The average Bonchev–Trinajstić information content (AvgIpc) is 2.32. The number of likely N-dealkylation sites (N-methyl/N-ethyl adjacent to an activating group) is 1. The van der Waals surface area contributed by atoms with E-state index in [0.717, 1.165) is 13.1 Å². The molecule has 0 radical (unpaired) electrons. The van der Waals surface area contributed by atoms with E-state index in [-0.39, 0.29) is 0 Å². The summed E-state index contributed by atoms with van der Waals surface area (Å²) in [5.41, 5.74) is 2.41. The second-order valence-electron chi connectivity index (χ2n) is 4.69. The van der Waals surface area contributed by atoms with Gasteiger partial charge in [-0.3, -0.25) is 9.88 Å². The molecule has 1 aliphatic heterocycles. The van der Waals surface area contributed by atoms with Crippen LogP contribution in [0.2, 0.25) is 0 Å². The summed E-state index contributed by atoms with van der Waals surface area (Å²) in [6, 6.07) is 4.93. The van der Waals surface area contributed by atoms with E-state index < -0.39 is 0 Å². The molecule has 1 unspecified atom stereocenters. The molecule has 88 valence electrons. The summed E-state index contributed by atoms with van der Waals surface area (Å²) in [6.07, 6.45) is 4.54. The van der Waals surface area contributed by atoms with Gasteiger partial charge in [0.25, 0.3) is 0 Å². The lowest BCUT2D eigenvalue weighted by molar-refractivity contribution is 0.186. The minimum Gasteiger partial charge on any atom is -0.316 e. The minimum atomic E-state index is 0.652. The second-order valence-corrected chi connectivity index (χ2v) is 4.69. The molecule has 1 aromatic rings. The van der Waals surface area contributed by atoms with Crippen LogP contribution in [0.3, 0.4) is 0 Å². The number of likely N-dealkylation sites (tertiary alicyclic amines) is 1. The van der Waals surface area contributed by atoms with Gasteiger partial charge in [0.2, 0.25) is 0 Å². The van der Waals surface area contributed by atoms with E-state index in [0.29, 0.717) is 6.04 Å². The van der Waals surface area contributed by atoms with Crippen molar-refractivity contribution in [1.82, 2.24) is 15.2 Å². The molecule has 2 heterocycles. The van der Waals surface area contributed by atoms with Crippen molar-refractivity contribution in [1.29, 1.82) is 0 Å². The number of piperidine rings is 1. The van der Waals surface area contributed by atoms with Gasteiger partial charge >= 0.3 is 0 Å². The predicted molar refractivity (Wildman–Crippen MR) is 66.3 cm³/mol. The first-order chi connectivity index (χ1) is 7.78. The summed E-state index contributed by atoms with van der Waals surface area (Å²) >= 11 is 0. The smallest absolute Gasteiger partial charge is 0.0544 e. The Morgan fingerprint density at radius 1 is 1.50 bits per heavy atom. The van der Waals surface area contributed by atoms with E-state index in [4.69, 9.17) is 0 Å². The van der Waals surface area contributed by atoms with E-state index in [9.17, 15) is 0 Å². The molecule has 0 aromatic carbocycles. The molecule has 0 bridgehead atoms. The van der Waals surface area contributed by atoms with Crippen molar-refractivity contribution in [2.75, 3.05) is 20.1 Å². The van der Waals surface area contributed by atoms with Crippen LogP contribution >= 0.6 is 0 Å². The highest BCUT2D eigenvalue weighted by Crippen LogP contribution is 2.12. The minimum absolute atomic E-state index is 0.652. The van der Waals surface area contributed by atoms with Crippen LogP contribution < -0.4 is 5.32 Å². The van der Waals surface area contributed by atoms with Crippen molar-refractivity contribution in [3.8, 4) is 0 Å². The lowest BCUT2D eigenvalue weighted by Gasteiger charge is -2.32. The Bertz CT molecular complexity index is 320. The quantitative estimate of drug-likeness (QED) is 0.836. The maximum atomic E-state index is 4.46. The third-order valence-electron chi connectivity index (χ3n) is 3.27. The summed E-state index contributed by atoms with van der Waals surface area (Å²) < 4.78 is 0. The molecular weight excluding hydrogens is 198 g/mol. The van der Waals surface area contributed by atoms with Crippen LogP contribution in [0, 0.1) is 6.92 Å². The molecule has 0 saturated carbocycles. The summed E-state index contributed by atoms with van der Waals surface area (Å²) in [7, 11) is 2.05. The van der Waals surface area contributed by atoms with E-state index in [1.165, 1.54) is 30.6 Å². The van der Waals surface area contributed by atoms with Crippen molar-refractivity contribution in [2.24, 2.45) is 0 Å². The fourth-order valence-corrected chi connectivity index (χ4v) is 2.26. The van der Waals surface area contributed by atoms with Crippen LogP contribution in [0.1, 0.15) is 24.1 Å². The zero-order valence-electron chi connectivity index (χ0n) is 10.2. The number of pyridine rings is 1. The SMILES string of the molecule is CNC1CCCN(Cc2ccc(C)cn2)C1. The standard InChI is InChI=1S/C13H21N3/c1-11-5-6-13(15-8-11)10-16-7-3-4-12(9-16)14-2/h5-6,8,12,14H,3-4,7,9-10H2,1-2H3. The third-order valence-corrected chi connectivity index (χ3v) is 3.27. The first-order valence-electron chi connectivity index (χ1n) is 6.09. The van der Waals surface area contributed by atoms with E-state index in [2.05, 4.69) is 41.3 Å². The fraction of sp³-hybridized carbons (Fsp3) is 0.615. The number of nitrogens with zero attached hydrogens (tertiary/aromatic N) is 2. The van der Waals surface area contributed by atoms with Crippen LogP contribution in [0.4, 0.5) is 0 Å². The Hall–Kier alpha value is -0.930. The number of hydrogen-bond acceptors (Lipinski definition) is 3. The molecule has 0 spiro atoms. The van der Waals surface area contributed by atoms with Gasteiger partial charge in [-0.15, -0.1) is 0 Å².